The van der Waals surface area contributed by atoms with Gasteiger partial charge in [0.1, 0.15) is 13.0 Å². The van der Waals surface area contributed by atoms with Crippen LogP contribution in [0.4, 0.5) is 0 Å². The van der Waals surface area contributed by atoms with Crippen LogP contribution in [0.15, 0.2) is 12.1 Å². The first-order valence-electron chi connectivity index (χ1n) is 8.06. The summed E-state index contributed by atoms with van der Waals surface area (Å²) in [5.74, 6) is 0.445. The van der Waals surface area contributed by atoms with E-state index in [-0.39, 0.29) is 5.97 Å². The van der Waals surface area contributed by atoms with Gasteiger partial charge in [-0.05, 0) is 57.7 Å². The maximum absolute atomic E-state index is 12.0. The van der Waals surface area contributed by atoms with Gasteiger partial charge in [0.05, 0.1) is 6.61 Å². The van der Waals surface area contributed by atoms with Crippen LogP contribution in [0, 0.1) is 13.8 Å². The molecule has 22 heavy (non-hydrogen) atoms. The number of carbonyl (C=O) groups is 1. The van der Waals surface area contributed by atoms with Gasteiger partial charge < -0.3 is 9.47 Å². The van der Waals surface area contributed by atoms with Crippen molar-refractivity contribution in [1.82, 2.24) is 0 Å². The molecule has 0 bridgehead atoms. The van der Waals surface area contributed by atoms with Gasteiger partial charge in [0.2, 0.25) is 0 Å². The molecule has 0 aliphatic carbocycles. The molecule has 0 amide bonds. The van der Waals surface area contributed by atoms with Crippen LogP contribution in [0.25, 0.3) is 0 Å². The van der Waals surface area contributed by atoms with E-state index < -0.39 is 5.60 Å². The van der Waals surface area contributed by atoms with Gasteiger partial charge in [-0.1, -0.05) is 31.7 Å². The maximum atomic E-state index is 12.0. The summed E-state index contributed by atoms with van der Waals surface area (Å²) in [6, 6.07) is 4.30. The SMILES string of the molecule is C[B]CCCc1cc(C)c(OC(C)(C)C(=O)OCC)c(C)c1. The highest BCUT2D eigenvalue weighted by Gasteiger charge is 2.32. The molecular weight excluding hydrogens is 275 g/mol. The van der Waals surface area contributed by atoms with Crippen molar-refractivity contribution in [2.75, 3.05) is 6.61 Å². The minimum absolute atomic E-state index is 0.337. The first-order valence-corrected chi connectivity index (χ1v) is 8.06. The molecule has 0 aromatic heterocycles. The summed E-state index contributed by atoms with van der Waals surface area (Å²) in [6.07, 6.45) is 3.35. The molecule has 0 N–H and O–H groups in total. The topological polar surface area (TPSA) is 35.5 Å². The second-order valence-electron chi connectivity index (χ2n) is 6.19. The molecule has 121 valence electrons. The summed E-state index contributed by atoms with van der Waals surface area (Å²) < 4.78 is 11.1. The summed E-state index contributed by atoms with van der Waals surface area (Å²) in [4.78, 5) is 12.0. The molecule has 0 saturated carbocycles. The fourth-order valence-electron chi connectivity index (χ4n) is 2.46. The number of ether oxygens (including phenoxy) is 2. The van der Waals surface area contributed by atoms with Crippen LogP contribution in [-0.2, 0) is 16.0 Å². The molecule has 1 radical (unpaired) electrons. The number of rotatable bonds is 8. The molecule has 0 aliphatic heterocycles. The van der Waals surface area contributed by atoms with Crippen molar-refractivity contribution < 1.29 is 14.3 Å². The zero-order valence-electron chi connectivity index (χ0n) is 14.8. The Labute approximate surface area is 135 Å². The standard InChI is InChI=1S/C18H28BO3/c1-7-21-17(20)18(4,5)22-16-13(2)11-15(12-14(16)3)9-8-10-19-6/h11-12H,7-10H2,1-6H3. The predicted molar refractivity (Wildman–Crippen MR) is 92.0 cm³/mol. The van der Waals surface area contributed by atoms with E-state index in [1.54, 1.807) is 20.8 Å². The van der Waals surface area contributed by atoms with E-state index in [0.29, 0.717) is 6.61 Å². The third-order valence-corrected chi connectivity index (χ3v) is 3.60. The van der Waals surface area contributed by atoms with E-state index in [1.807, 2.05) is 13.8 Å². The number of hydrogen-bond donors (Lipinski definition) is 0. The molecule has 0 unspecified atom stereocenters. The van der Waals surface area contributed by atoms with Crippen molar-refractivity contribution in [2.24, 2.45) is 0 Å². The third-order valence-electron chi connectivity index (χ3n) is 3.60. The average Bonchev–Trinajstić information content (AvgIpc) is 2.43. The Morgan fingerprint density at radius 1 is 1.23 bits per heavy atom. The zero-order chi connectivity index (χ0) is 16.8. The second kappa shape index (κ2) is 8.26. The highest BCUT2D eigenvalue weighted by molar-refractivity contribution is 6.33. The highest BCUT2D eigenvalue weighted by Crippen LogP contribution is 2.29. The lowest BCUT2D eigenvalue weighted by Gasteiger charge is -2.26. The van der Waals surface area contributed by atoms with Crippen molar-refractivity contribution in [3.8, 4) is 5.75 Å². The summed E-state index contributed by atoms with van der Waals surface area (Å²) in [7, 11) is 2.19. The molecule has 1 rings (SSSR count). The van der Waals surface area contributed by atoms with E-state index in [2.05, 4.69) is 26.2 Å². The van der Waals surface area contributed by atoms with Crippen molar-refractivity contribution >= 4 is 13.2 Å². The van der Waals surface area contributed by atoms with Gasteiger partial charge in [0, 0.05) is 0 Å². The largest absolute Gasteiger partial charge is 0.476 e. The van der Waals surface area contributed by atoms with Gasteiger partial charge in [-0.15, -0.1) is 0 Å². The van der Waals surface area contributed by atoms with Crippen LogP contribution >= 0.6 is 0 Å². The van der Waals surface area contributed by atoms with Gasteiger partial charge in [-0.25, -0.2) is 4.79 Å². The van der Waals surface area contributed by atoms with Crippen molar-refractivity contribution in [1.29, 1.82) is 0 Å². The summed E-state index contributed by atoms with van der Waals surface area (Å²) in [5.41, 5.74) is 2.46. The summed E-state index contributed by atoms with van der Waals surface area (Å²) >= 11 is 0. The number of carbonyl (C=O) groups excluding carboxylic acids is 1. The smallest absolute Gasteiger partial charge is 0.349 e. The first kappa shape index (κ1) is 18.6. The summed E-state index contributed by atoms with van der Waals surface area (Å²) in [5, 5.41) is 0. The fourth-order valence-corrected chi connectivity index (χ4v) is 2.46. The van der Waals surface area contributed by atoms with Crippen LogP contribution in [0.3, 0.4) is 0 Å². The van der Waals surface area contributed by atoms with Gasteiger partial charge in [-0.3, -0.25) is 0 Å². The van der Waals surface area contributed by atoms with Crippen molar-refractivity contribution in [3.05, 3.63) is 28.8 Å². The minimum atomic E-state index is -0.982. The van der Waals surface area contributed by atoms with Gasteiger partial charge in [-0.2, -0.15) is 0 Å². The lowest BCUT2D eigenvalue weighted by molar-refractivity contribution is -0.158. The molecule has 0 aliphatic rings. The van der Waals surface area contributed by atoms with Crippen LogP contribution < -0.4 is 4.74 Å². The van der Waals surface area contributed by atoms with E-state index in [0.717, 1.165) is 36.0 Å². The molecule has 3 nitrogen and oxygen atoms in total. The Kier molecular flexibility index (Phi) is 6.98. The molecule has 0 spiro atoms. The molecule has 0 fully saturated rings. The first-order chi connectivity index (χ1) is 10.3. The predicted octanol–water partition coefficient (Wildman–Crippen LogP) is 4.13. The Morgan fingerprint density at radius 2 is 1.82 bits per heavy atom. The Morgan fingerprint density at radius 3 is 2.32 bits per heavy atom. The van der Waals surface area contributed by atoms with E-state index in [1.165, 1.54) is 5.56 Å². The number of aryl methyl sites for hydroxylation is 3. The Balaban J connectivity index is 2.90. The van der Waals surface area contributed by atoms with Gasteiger partial charge >= 0.3 is 5.97 Å². The average molecular weight is 303 g/mol. The monoisotopic (exact) mass is 303 g/mol. The molecule has 0 heterocycles. The molecule has 0 saturated heterocycles. The number of benzene rings is 1. The van der Waals surface area contributed by atoms with Crippen LogP contribution in [-0.4, -0.2) is 25.5 Å². The number of esters is 1. The second-order valence-corrected chi connectivity index (χ2v) is 6.19. The molecule has 1 aromatic carbocycles. The Bertz CT molecular complexity index is 486. The summed E-state index contributed by atoms with van der Waals surface area (Å²) in [6.45, 7) is 11.8. The van der Waals surface area contributed by atoms with Gasteiger partial charge in [0.15, 0.2) is 5.60 Å². The Hall–Kier alpha value is -1.45. The van der Waals surface area contributed by atoms with Crippen LogP contribution in [0.5, 0.6) is 5.75 Å². The molecular formula is C18H28BO3. The molecule has 1 aromatic rings. The lowest BCUT2D eigenvalue weighted by Crippen LogP contribution is -2.40. The fraction of sp³-hybridized carbons (Fsp3) is 0.611. The van der Waals surface area contributed by atoms with E-state index in [4.69, 9.17) is 9.47 Å². The highest BCUT2D eigenvalue weighted by atomic mass is 16.6. The zero-order valence-corrected chi connectivity index (χ0v) is 14.8. The normalized spacial score (nSPS) is 11.2. The maximum Gasteiger partial charge on any atom is 0.349 e. The number of hydrogen-bond acceptors (Lipinski definition) is 3. The third kappa shape index (κ3) is 5.08. The van der Waals surface area contributed by atoms with Crippen molar-refractivity contribution in [2.45, 2.75) is 66.2 Å². The molecule has 0 atom stereocenters. The quantitative estimate of drug-likeness (QED) is 0.411. The van der Waals surface area contributed by atoms with E-state index >= 15 is 0 Å². The van der Waals surface area contributed by atoms with Crippen LogP contribution in [0.1, 0.15) is 43.9 Å². The van der Waals surface area contributed by atoms with Gasteiger partial charge in [0.25, 0.3) is 0 Å². The van der Waals surface area contributed by atoms with E-state index in [9.17, 15) is 4.79 Å². The minimum Gasteiger partial charge on any atom is -0.476 e. The lowest BCUT2D eigenvalue weighted by atomic mass is 9.76. The molecule has 4 heteroatoms. The van der Waals surface area contributed by atoms with Crippen LogP contribution in [0.2, 0.25) is 13.1 Å². The van der Waals surface area contributed by atoms with Crippen molar-refractivity contribution in [3.63, 3.8) is 0 Å².